The van der Waals surface area contributed by atoms with Crippen molar-refractivity contribution in [1.82, 2.24) is 0 Å². The van der Waals surface area contributed by atoms with Crippen molar-refractivity contribution in [1.29, 1.82) is 0 Å². The first kappa shape index (κ1) is 67.9. The SMILES string of the molecule is CCCC/C=C\C/C=C\CCCCCCCC(=O)OC(COC(=O)CCCCCCCCCCCCCC)COC(=O)CCCCCCCCCCCCCCCCCCCCCCCCCCCC. The number of rotatable bonds is 58. The summed E-state index contributed by atoms with van der Waals surface area (Å²) in [5.41, 5.74) is 0. The van der Waals surface area contributed by atoms with Crippen molar-refractivity contribution >= 4 is 17.9 Å². The lowest BCUT2D eigenvalue weighted by Crippen LogP contribution is -2.30. The van der Waals surface area contributed by atoms with Crippen molar-refractivity contribution < 1.29 is 28.6 Å². The molecule has 0 saturated heterocycles. The number of allylic oxidation sites excluding steroid dienone is 4. The Bertz CT molecular complexity index is 1130. The van der Waals surface area contributed by atoms with Gasteiger partial charge in [-0.2, -0.15) is 0 Å². The summed E-state index contributed by atoms with van der Waals surface area (Å²) in [7, 11) is 0. The zero-order valence-electron chi connectivity index (χ0n) is 47.3. The molecule has 0 aromatic heterocycles. The summed E-state index contributed by atoms with van der Waals surface area (Å²) in [5, 5.41) is 0. The normalized spacial score (nSPS) is 12.1. The van der Waals surface area contributed by atoms with Crippen LogP contribution in [0.15, 0.2) is 24.3 Å². The Hall–Kier alpha value is -2.11. The smallest absolute Gasteiger partial charge is 0.306 e. The molecule has 0 bridgehead atoms. The van der Waals surface area contributed by atoms with Crippen LogP contribution >= 0.6 is 0 Å². The Morgan fingerprint density at radius 3 is 0.829 bits per heavy atom. The molecule has 70 heavy (non-hydrogen) atoms. The lowest BCUT2D eigenvalue weighted by molar-refractivity contribution is -0.167. The van der Waals surface area contributed by atoms with Gasteiger partial charge in [-0.1, -0.05) is 308 Å². The Labute approximate surface area is 436 Å². The summed E-state index contributed by atoms with van der Waals surface area (Å²) in [6.45, 7) is 6.64. The summed E-state index contributed by atoms with van der Waals surface area (Å²) >= 11 is 0. The summed E-state index contributed by atoms with van der Waals surface area (Å²) in [4.78, 5) is 38.2. The number of carbonyl (C=O) groups is 3. The maximum absolute atomic E-state index is 12.8. The Kier molecular flexibility index (Phi) is 57.7. The van der Waals surface area contributed by atoms with Crippen LogP contribution in [0.3, 0.4) is 0 Å². The predicted octanol–water partition coefficient (Wildman–Crippen LogP) is 21.1. The molecule has 1 atom stereocenters. The van der Waals surface area contributed by atoms with Gasteiger partial charge in [0.25, 0.3) is 0 Å². The number of hydrogen-bond acceptors (Lipinski definition) is 6. The van der Waals surface area contributed by atoms with Gasteiger partial charge in [-0.3, -0.25) is 14.4 Å². The van der Waals surface area contributed by atoms with Gasteiger partial charge in [0.2, 0.25) is 0 Å². The quantitative estimate of drug-likeness (QED) is 0.0261. The molecule has 0 aromatic carbocycles. The monoisotopic (exact) mass is 985 g/mol. The van der Waals surface area contributed by atoms with Crippen LogP contribution in [0.25, 0.3) is 0 Å². The second kappa shape index (κ2) is 59.5. The molecular weight excluding hydrogens is 865 g/mol. The van der Waals surface area contributed by atoms with Gasteiger partial charge < -0.3 is 14.2 Å². The van der Waals surface area contributed by atoms with E-state index in [0.717, 1.165) is 83.5 Å². The standard InChI is InChI=1S/C64H120O6/c1-4-7-10-13-16-19-22-25-27-28-29-30-31-32-33-34-35-36-37-38-40-42-45-48-51-54-57-63(66)69-60-61(59-68-62(65)56-53-50-47-44-41-24-21-18-15-12-9-6-3)70-64(67)58-55-52-49-46-43-39-26-23-20-17-14-11-8-5-2/h14,17,23,26,61H,4-13,15-16,18-22,24-25,27-60H2,1-3H3/b17-14-,26-23-. The van der Waals surface area contributed by atoms with Crippen molar-refractivity contribution in [2.24, 2.45) is 0 Å². The van der Waals surface area contributed by atoms with E-state index in [-0.39, 0.29) is 31.1 Å². The number of ether oxygens (including phenoxy) is 3. The van der Waals surface area contributed by atoms with Crippen LogP contribution in [-0.2, 0) is 28.6 Å². The fourth-order valence-electron chi connectivity index (χ4n) is 9.46. The highest BCUT2D eigenvalue weighted by molar-refractivity contribution is 5.71. The maximum Gasteiger partial charge on any atom is 0.306 e. The molecule has 0 heterocycles. The lowest BCUT2D eigenvalue weighted by Gasteiger charge is -2.18. The van der Waals surface area contributed by atoms with E-state index in [1.807, 2.05) is 0 Å². The van der Waals surface area contributed by atoms with Crippen molar-refractivity contribution in [3.8, 4) is 0 Å². The molecule has 0 rings (SSSR count). The van der Waals surface area contributed by atoms with Crippen LogP contribution in [0.2, 0.25) is 0 Å². The van der Waals surface area contributed by atoms with Crippen molar-refractivity contribution in [2.75, 3.05) is 13.2 Å². The predicted molar refractivity (Wildman–Crippen MR) is 303 cm³/mol. The van der Waals surface area contributed by atoms with E-state index in [2.05, 4.69) is 45.1 Å². The van der Waals surface area contributed by atoms with Gasteiger partial charge in [-0.25, -0.2) is 0 Å². The highest BCUT2D eigenvalue weighted by Gasteiger charge is 2.19. The average Bonchev–Trinajstić information content (AvgIpc) is 3.36. The molecule has 0 spiro atoms. The Morgan fingerprint density at radius 1 is 0.286 bits per heavy atom. The lowest BCUT2D eigenvalue weighted by atomic mass is 10.0. The van der Waals surface area contributed by atoms with Gasteiger partial charge in [-0.05, 0) is 44.9 Å². The minimum absolute atomic E-state index is 0.0714. The summed E-state index contributed by atoms with van der Waals surface area (Å²) in [6, 6.07) is 0. The number of carbonyl (C=O) groups excluding carboxylic acids is 3. The zero-order chi connectivity index (χ0) is 50.7. The largest absolute Gasteiger partial charge is 0.462 e. The summed E-state index contributed by atoms with van der Waals surface area (Å²) in [5.74, 6) is -0.863. The van der Waals surface area contributed by atoms with Crippen LogP contribution in [-0.4, -0.2) is 37.2 Å². The Balaban J connectivity index is 4.16. The summed E-state index contributed by atoms with van der Waals surface area (Å²) in [6.07, 6.45) is 70.5. The minimum atomic E-state index is -0.774. The van der Waals surface area contributed by atoms with Gasteiger partial charge in [0, 0.05) is 19.3 Å². The summed E-state index contributed by atoms with van der Waals surface area (Å²) < 4.78 is 16.9. The molecule has 0 aliphatic heterocycles. The van der Waals surface area contributed by atoms with E-state index < -0.39 is 6.10 Å². The first-order valence-electron chi connectivity index (χ1n) is 31.3. The molecule has 6 heteroatoms. The van der Waals surface area contributed by atoms with Gasteiger partial charge in [0.05, 0.1) is 0 Å². The molecule has 0 saturated carbocycles. The number of esters is 3. The third kappa shape index (κ3) is 56.8. The van der Waals surface area contributed by atoms with Crippen molar-refractivity contribution in [3.63, 3.8) is 0 Å². The first-order valence-corrected chi connectivity index (χ1v) is 31.3. The fourth-order valence-corrected chi connectivity index (χ4v) is 9.46. The molecule has 0 aromatic rings. The molecule has 0 aliphatic rings. The fraction of sp³-hybridized carbons (Fsp3) is 0.891. The number of hydrogen-bond donors (Lipinski definition) is 0. The third-order valence-electron chi connectivity index (χ3n) is 14.2. The minimum Gasteiger partial charge on any atom is -0.462 e. The first-order chi connectivity index (χ1) is 34.5. The van der Waals surface area contributed by atoms with Crippen LogP contribution in [0, 0.1) is 0 Å². The second-order valence-electron chi connectivity index (χ2n) is 21.3. The van der Waals surface area contributed by atoms with E-state index in [0.29, 0.717) is 19.3 Å². The molecule has 0 N–H and O–H groups in total. The molecule has 0 aliphatic carbocycles. The van der Waals surface area contributed by atoms with E-state index in [1.165, 1.54) is 225 Å². The van der Waals surface area contributed by atoms with Crippen molar-refractivity contribution in [3.05, 3.63) is 24.3 Å². The third-order valence-corrected chi connectivity index (χ3v) is 14.2. The second-order valence-corrected chi connectivity index (χ2v) is 21.3. The van der Waals surface area contributed by atoms with E-state index in [1.54, 1.807) is 0 Å². The molecule has 0 radical (unpaired) electrons. The van der Waals surface area contributed by atoms with E-state index in [9.17, 15) is 14.4 Å². The van der Waals surface area contributed by atoms with E-state index in [4.69, 9.17) is 14.2 Å². The van der Waals surface area contributed by atoms with E-state index >= 15 is 0 Å². The average molecular weight is 986 g/mol. The molecule has 1 unspecified atom stereocenters. The molecule has 0 amide bonds. The Morgan fingerprint density at radius 2 is 0.529 bits per heavy atom. The molecular formula is C64H120O6. The topological polar surface area (TPSA) is 78.9 Å². The van der Waals surface area contributed by atoms with Crippen LogP contribution in [0.5, 0.6) is 0 Å². The highest BCUT2D eigenvalue weighted by atomic mass is 16.6. The van der Waals surface area contributed by atoms with Crippen LogP contribution in [0.1, 0.15) is 348 Å². The van der Waals surface area contributed by atoms with Crippen LogP contribution in [0.4, 0.5) is 0 Å². The van der Waals surface area contributed by atoms with Gasteiger partial charge in [-0.15, -0.1) is 0 Å². The van der Waals surface area contributed by atoms with Gasteiger partial charge >= 0.3 is 17.9 Å². The molecule has 0 fully saturated rings. The number of unbranched alkanes of at least 4 members (excludes halogenated alkanes) is 43. The van der Waals surface area contributed by atoms with Gasteiger partial charge in [0.1, 0.15) is 13.2 Å². The van der Waals surface area contributed by atoms with Crippen LogP contribution < -0.4 is 0 Å². The zero-order valence-corrected chi connectivity index (χ0v) is 47.3. The van der Waals surface area contributed by atoms with Crippen molar-refractivity contribution in [2.45, 2.75) is 354 Å². The maximum atomic E-state index is 12.8. The highest BCUT2D eigenvalue weighted by Crippen LogP contribution is 2.18. The molecule has 6 nitrogen and oxygen atoms in total. The van der Waals surface area contributed by atoms with Gasteiger partial charge in [0.15, 0.2) is 6.10 Å². The molecule has 412 valence electrons.